The van der Waals surface area contributed by atoms with Gasteiger partial charge in [-0.2, -0.15) is 5.10 Å². The summed E-state index contributed by atoms with van der Waals surface area (Å²) in [5.41, 5.74) is 2.42. The molecule has 8 nitrogen and oxygen atoms in total. The number of hydrogen-bond acceptors (Lipinski definition) is 7. The standard InChI is InChI=1S/C22H20N4O4S/c1-28-15-9-10-18(29-2)16(11-15)17-13-31-22(23-17)24-21(27)20-19(30-3)12-26(25-20)14-7-5-4-6-8-14/h4-13H,1-3H3,(H,23,24,27). The second-order valence-electron chi connectivity index (χ2n) is 6.38. The highest BCUT2D eigenvalue weighted by atomic mass is 32.1. The smallest absolute Gasteiger partial charge is 0.281 e. The molecule has 1 N–H and O–H groups in total. The van der Waals surface area contributed by atoms with Gasteiger partial charge in [-0.3, -0.25) is 10.1 Å². The number of carbonyl (C=O) groups excluding carboxylic acids is 1. The van der Waals surface area contributed by atoms with Crippen molar-refractivity contribution in [3.8, 4) is 34.2 Å². The lowest BCUT2D eigenvalue weighted by Crippen LogP contribution is -2.14. The van der Waals surface area contributed by atoms with Crippen molar-refractivity contribution in [2.75, 3.05) is 26.6 Å². The average Bonchev–Trinajstić information content (AvgIpc) is 3.46. The Morgan fingerprint density at radius 3 is 2.48 bits per heavy atom. The molecule has 0 unspecified atom stereocenters. The van der Waals surface area contributed by atoms with Crippen molar-refractivity contribution in [3.05, 3.63) is 65.8 Å². The molecule has 31 heavy (non-hydrogen) atoms. The topological polar surface area (TPSA) is 87.5 Å². The van der Waals surface area contributed by atoms with Gasteiger partial charge in [0.2, 0.25) is 0 Å². The van der Waals surface area contributed by atoms with Gasteiger partial charge < -0.3 is 14.2 Å². The molecule has 0 aliphatic rings. The highest BCUT2D eigenvalue weighted by Gasteiger charge is 2.20. The molecule has 0 aliphatic carbocycles. The van der Waals surface area contributed by atoms with Crippen molar-refractivity contribution in [2.45, 2.75) is 0 Å². The third-order valence-electron chi connectivity index (χ3n) is 4.54. The second-order valence-corrected chi connectivity index (χ2v) is 7.24. The van der Waals surface area contributed by atoms with E-state index in [4.69, 9.17) is 14.2 Å². The summed E-state index contributed by atoms with van der Waals surface area (Å²) in [6.45, 7) is 0. The second kappa shape index (κ2) is 8.88. The summed E-state index contributed by atoms with van der Waals surface area (Å²) in [6, 6.07) is 14.9. The van der Waals surface area contributed by atoms with Gasteiger partial charge in [0.25, 0.3) is 5.91 Å². The molecule has 2 heterocycles. The summed E-state index contributed by atoms with van der Waals surface area (Å²) in [4.78, 5) is 17.4. The van der Waals surface area contributed by atoms with E-state index in [1.165, 1.54) is 18.4 Å². The number of ether oxygens (including phenoxy) is 3. The Labute approximate surface area is 183 Å². The molecular weight excluding hydrogens is 416 g/mol. The molecule has 4 rings (SSSR count). The number of rotatable bonds is 7. The summed E-state index contributed by atoms with van der Waals surface area (Å²) < 4.78 is 17.7. The highest BCUT2D eigenvalue weighted by molar-refractivity contribution is 7.14. The number of nitrogens with zero attached hydrogens (tertiary/aromatic N) is 3. The van der Waals surface area contributed by atoms with E-state index in [1.807, 2.05) is 53.9 Å². The number of benzene rings is 2. The fourth-order valence-electron chi connectivity index (χ4n) is 3.00. The Morgan fingerprint density at radius 1 is 1.00 bits per heavy atom. The van der Waals surface area contributed by atoms with E-state index in [-0.39, 0.29) is 5.69 Å². The quantitative estimate of drug-likeness (QED) is 0.465. The zero-order valence-electron chi connectivity index (χ0n) is 17.2. The maximum Gasteiger partial charge on any atom is 0.281 e. The van der Waals surface area contributed by atoms with E-state index in [2.05, 4.69) is 15.4 Å². The molecule has 2 aromatic heterocycles. The van der Waals surface area contributed by atoms with Crippen molar-refractivity contribution < 1.29 is 19.0 Å². The van der Waals surface area contributed by atoms with Crippen molar-refractivity contribution in [1.82, 2.24) is 14.8 Å². The number of aromatic nitrogens is 3. The summed E-state index contributed by atoms with van der Waals surface area (Å²) in [5.74, 6) is 1.30. The monoisotopic (exact) mass is 436 g/mol. The van der Waals surface area contributed by atoms with E-state index in [0.717, 1.165) is 11.3 Å². The van der Waals surface area contributed by atoms with Crippen LogP contribution in [0.4, 0.5) is 5.13 Å². The molecule has 4 aromatic rings. The molecule has 0 saturated carbocycles. The number of methoxy groups -OCH3 is 3. The Kier molecular flexibility index (Phi) is 5.85. The molecular formula is C22H20N4O4S. The molecule has 0 saturated heterocycles. The van der Waals surface area contributed by atoms with Gasteiger partial charge in [0.05, 0.1) is 38.9 Å². The van der Waals surface area contributed by atoms with Gasteiger partial charge in [0.1, 0.15) is 11.5 Å². The minimum atomic E-state index is -0.412. The minimum Gasteiger partial charge on any atom is -0.497 e. The summed E-state index contributed by atoms with van der Waals surface area (Å²) in [7, 11) is 4.69. The summed E-state index contributed by atoms with van der Waals surface area (Å²) in [6.07, 6.45) is 1.67. The van der Waals surface area contributed by atoms with Crippen molar-refractivity contribution in [3.63, 3.8) is 0 Å². The van der Waals surface area contributed by atoms with E-state index in [9.17, 15) is 4.79 Å². The van der Waals surface area contributed by atoms with E-state index in [0.29, 0.717) is 28.1 Å². The van der Waals surface area contributed by atoms with Crippen LogP contribution in [-0.4, -0.2) is 42.0 Å². The zero-order chi connectivity index (χ0) is 21.8. The molecule has 0 fully saturated rings. The van der Waals surface area contributed by atoms with E-state index >= 15 is 0 Å². The van der Waals surface area contributed by atoms with Gasteiger partial charge in [0.15, 0.2) is 16.6 Å². The van der Waals surface area contributed by atoms with E-state index < -0.39 is 5.91 Å². The third-order valence-corrected chi connectivity index (χ3v) is 5.30. The van der Waals surface area contributed by atoms with Crippen molar-refractivity contribution in [2.24, 2.45) is 0 Å². The van der Waals surface area contributed by atoms with Gasteiger partial charge in [-0.15, -0.1) is 11.3 Å². The van der Waals surface area contributed by atoms with Gasteiger partial charge in [-0.05, 0) is 30.3 Å². The molecule has 0 aliphatic heterocycles. The van der Waals surface area contributed by atoms with Crippen LogP contribution in [0.15, 0.2) is 60.1 Å². The molecule has 2 aromatic carbocycles. The van der Waals surface area contributed by atoms with Crippen LogP contribution in [0.5, 0.6) is 17.2 Å². The van der Waals surface area contributed by atoms with Crippen LogP contribution >= 0.6 is 11.3 Å². The van der Waals surface area contributed by atoms with Crippen LogP contribution < -0.4 is 19.5 Å². The lowest BCUT2D eigenvalue weighted by molar-refractivity contribution is 0.101. The fraction of sp³-hybridized carbons (Fsp3) is 0.136. The van der Waals surface area contributed by atoms with Crippen LogP contribution in [0.3, 0.4) is 0 Å². The van der Waals surface area contributed by atoms with Gasteiger partial charge >= 0.3 is 0 Å². The first-order valence-electron chi connectivity index (χ1n) is 9.31. The molecule has 0 atom stereocenters. The van der Waals surface area contributed by atoms with Crippen LogP contribution in [0.2, 0.25) is 0 Å². The Balaban J connectivity index is 1.58. The number of anilines is 1. The summed E-state index contributed by atoms with van der Waals surface area (Å²) >= 11 is 1.30. The number of nitrogens with one attached hydrogen (secondary N) is 1. The fourth-order valence-corrected chi connectivity index (χ4v) is 3.71. The Hall–Kier alpha value is -3.85. The molecule has 0 radical (unpaired) electrons. The Bertz CT molecular complexity index is 1200. The predicted octanol–water partition coefficient (Wildman–Crippen LogP) is 4.27. The maximum atomic E-state index is 12.9. The first-order chi connectivity index (χ1) is 15.1. The molecule has 158 valence electrons. The van der Waals surface area contributed by atoms with Crippen molar-refractivity contribution in [1.29, 1.82) is 0 Å². The third kappa shape index (κ3) is 4.22. The maximum absolute atomic E-state index is 12.9. The molecule has 1 amide bonds. The van der Waals surface area contributed by atoms with Crippen LogP contribution in [-0.2, 0) is 0 Å². The lowest BCUT2D eigenvalue weighted by Gasteiger charge is -2.08. The van der Waals surface area contributed by atoms with Crippen LogP contribution in [0, 0.1) is 0 Å². The molecule has 0 bridgehead atoms. The molecule has 9 heteroatoms. The Morgan fingerprint density at radius 2 is 1.77 bits per heavy atom. The minimum absolute atomic E-state index is 0.169. The predicted molar refractivity (Wildman–Crippen MR) is 119 cm³/mol. The van der Waals surface area contributed by atoms with E-state index in [1.54, 1.807) is 25.1 Å². The number of thiazole rings is 1. The lowest BCUT2D eigenvalue weighted by atomic mass is 10.1. The first kappa shape index (κ1) is 20.4. The van der Waals surface area contributed by atoms with Crippen molar-refractivity contribution >= 4 is 22.4 Å². The number of amides is 1. The number of carbonyl (C=O) groups is 1. The van der Waals surface area contributed by atoms with Gasteiger partial charge in [0, 0.05) is 10.9 Å². The SMILES string of the molecule is COc1ccc(OC)c(-c2csc(NC(=O)c3nn(-c4ccccc4)cc3OC)n2)c1. The van der Waals surface area contributed by atoms with Crippen LogP contribution in [0.25, 0.3) is 16.9 Å². The number of para-hydroxylation sites is 1. The zero-order valence-corrected chi connectivity index (χ0v) is 18.0. The van der Waals surface area contributed by atoms with Gasteiger partial charge in [-0.25, -0.2) is 9.67 Å². The van der Waals surface area contributed by atoms with Crippen LogP contribution in [0.1, 0.15) is 10.5 Å². The summed E-state index contributed by atoms with van der Waals surface area (Å²) in [5, 5.41) is 9.45. The first-order valence-corrected chi connectivity index (χ1v) is 10.2. The van der Waals surface area contributed by atoms with Gasteiger partial charge in [-0.1, -0.05) is 18.2 Å². The highest BCUT2D eigenvalue weighted by Crippen LogP contribution is 2.35. The average molecular weight is 436 g/mol. The normalized spacial score (nSPS) is 10.5. The molecule has 0 spiro atoms. The number of hydrogen-bond donors (Lipinski definition) is 1. The largest absolute Gasteiger partial charge is 0.497 e.